The molecular weight excluding hydrogens is 338 g/mol. The van der Waals surface area contributed by atoms with E-state index in [0.717, 1.165) is 28.1 Å². The Balaban J connectivity index is 1.60. The minimum Gasteiger partial charge on any atom is -0.488 e. The van der Waals surface area contributed by atoms with Crippen LogP contribution in [0.25, 0.3) is 11.3 Å². The number of para-hydroxylation sites is 1. The van der Waals surface area contributed by atoms with Crippen LogP contribution in [0, 0.1) is 0 Å². The highest BCUT2D eigenvalue weighted by Gasteiger charge is 2.27. The van der Waals surface area contributed by atoms with Gasteiger partial charge >= 0.3 is 0 Å². The standard InChI is InChI=1S/C19H16ClN3O2/c1-23-18-14-4-2-3-5-16(14)25-11-15(18)17(22-23)19(24)21-10-12-6-8-13(20)9-7-12/h2-9H,10-11H2,1H3,(H,21,24). The number of aryl methyl sites for hydroxylation is 1. The number of nitrogens with zero attached hydrogens (tertiary/aromatic N) is 2. The SMILES string of the molecule is Cn1nc(C(=O)NCc2ccc(Cl)cc2)c2c1-c1ccccc1OC2. The molecule has 2 aromatic carbocycles. The van der Waals surface area contributed by atoms with Gasteiger partial charge in [0.15, 0.2) is 5.69 Å². The lowest BCUT2D eigenvalue weighted by Gasteiger charge is -2.18. The molecule has 0 radical (unpaired) electrons. The maximum atomic E-state index is 12.6. The average Bonchev–Trinajstić information content (AvgIpc) is 2.98. The summed E-state index contributed by atoms with van der Waals surface area (Å²) in [6, 6.07) is 15.2. The van der Waals surface area contributed by atoms with Gasteiger partial charge < -0.3 is 10.1 Å². The second kappa shape index (κ2) is 6.26. The smallest absolute Gasteiger partial charge is 0.272 e. The predicted octanol–water partition coefficient (Wildman–Crippen LogP) is 3.56. The van der Waals surface area contributed by atoms with Crippen molar-refractivity contribution >= 4 is 17.5 Å². The van der Waals surface area contributed by atoms with Gasteiger partial charge in [0, 0.05) is 29.7 Å². The molecule has 25 heavy (non-hydrogen) atoms. The molecular formula is C19H16ClN3O2. The first-order chi connectivity index (χ1) is 12.1. The van der Waals surface area contributed by atoms with Gasteiger partial charge in [-0.25, -0.2) is 0 Å². The molecule has 0 aliphatic carbocycles. The van der Waals surface area contributed by atoms with Crippen molar-refractivity contribution < 1.29 is 9.53 Å². The summed E-state index contributed by atoms with van der Waals surface area (Å²) >= 11 is 5.88. The van der Waals surface area contributed by atoms with Gasteiger partial charge in [-0.15, -0.1) is 0 Å². The van der Waals surface area contributed by atoms with E-state index in [1.807, 2.05) is 43.4 Å². The number of carbonyl (C=O) groups excluding carboxylic acids is 1. The van der Waals surface area contributed by atoms with Crippen molar-refractivity contribution in [2.45, 2.75) is 13.2 Å². The fourth-order valence-electron chi connectivity index (χ4n) is 3.03. The molecule has 0 spiro atoms. The Morgan fingerprint density at radius 1 is 1.24 bits per heavy atom. The molecule has 0 bridgehead atoms. The number of hydrogen-bond acceptors (Lipinski definition) is 3. The maximum absolute atomic E-state index is 12.6. The summed E-state index contributed by atoms with van der Waals surface area (Å²) in [5.41, 5.74) is 4.08. The van der Waals surface area contributed by atoms with Crippen LogP contribution >= 0.6 is 11.6 Å². The van der Waals surface area contributed by atoms with E-state index in [-0.39, 0.29) is 5.91 Å². The Morgan fingerprint density at radius 2 is 2.00 bits per heavy atom. The van der Waals surface area contributed by atoms with Crippen molar-refractivity contribution in [3.63, 3.8) is 0 Å². The van der Waals surface area contributed by atoms with E-state index in [1.165, 1.54) is 0 Å². The van der Waals surface area contributed by atoms with Crippen LogP contribution < -0.4 is 10.1 Å². The first-order valence-corrected chi connectivity index (χ1v) is 8.32. The second-order valence-corrected chi connectivity index (χ2v) is 6.33. The van der Waals surface area contributed by atoms with E-state index in [4.69, 9.17) is 16.3 Å². The molecule has 1 aliphatic rings. The summed E-state index contributed by atoms with van der Waals surface area (Å²) in [6.07, 6.45) is 0. The fraction of sp³-hybridized carbons (Fsp3) is 0.158. The van der Waals surface area contributed by atoms with Crippen molar-refractivity contribution in [1.82, 2.24) is 15.1 Å². The molecule has 0 unspecified atom stereocenters. The fourth-order valence-corrected chi connectivity index (χ4v) is 3.16. The van der Waals surface area contributed by atoms with Gasteiger partial charge in [0.2, 0.25) is 0 Å². The molecule has 1 N–H and O–H groups in total. The van der Waals surface area contributed by atoms with Crippen LogP contribution in [0.5, 0.6) is 5.75 Å². The summed E-state index contributed by atoms with van der Waals surface area (Å²) in [6.45, 7) is 0.753. The molecule has 0 atom stereocenters. The van der Waals surface area contributed by atoms with E-state index in [2.05, 4.69) is 10.4 Å². The third-order valence-electron chi connectivity index (χ3n) is 4.24. The number of hydrogen-bond donors (Lipinski definition) is 1. The molecule has 5 nitrogen and oxygen atoms in total. The van der Waals surface area contributed by atoms with Gasteiger partial charge in [-0.3, -0.25) is 9.48 Å². The van der Waals surface area contributed by atoms with E-state index in [1.54, 1.807) is 16.8 Å². The summed E-state index contributed by atoms with van der Waals surface area (Å²) < 4.78 is 7.53. The van der Waals surface area contributed by atoms with Crippen molar-refractivity contribution in [1.29, 1.82) is 0 Å². The Kier molecular flexibility index (Phi) is 3.93. The molecule has 0 fully saturated rings. The second-order valence-electron chi connectivity index (χ2n) is 5.89. The zero-order valence-electron chi connectivity index (χ0n) is 13.6. The highest BCUT2D eigenvalue weighted by molar-refractivity contribution is 6.30. The van der Waals surface area contributed by atoms with Gasteiger partial charge in [0.1, 0.15) is 12.4 Å². The monoisotopic (exact) mass is 353 g/mol. The summed E-state index contributed by atoms with van der Waals surface area (Å²) in [5, 5.41) is 8.00. The molecule has 4 rings (SSSR count). The topological polar surface area (TPSA) is 56.2 Å². The van der Waals surface area contributed by atoms with E-state index in [0.29, 0.717) is 23.9 Å². The summed E-state index contributed by atoms with van der Waals surface area (Å²) in [5.74, 6) is 0.598. The quantitative estimate of drug-likeness (QED) is 0.783. The van der Waals surface area contributed by atoms with Crippen molar-refractivity contribution in [3.8, 4) is 17.0 Å². The van der Waals surface area contributed by atoms with E-state index >= 15 is 0 Å². The normalized spacial score (nSPS) is 12.1. The van der Waals surface area contributed by atoms with Crippen LogP contribution in [0.4, 0.5) is 0 Å². The number of ether oxygens (including phenoxy) is 1. The Labute approximate surface area is 150 Å². The number of amides is 1. The first-order valence-electron chi connectivity index (χ1n) is 7.94. The molecule has 0 saturated carbocycles. The molecule has 3 aromatic rings. The predicted molar refractivity (Wildman–Crippen MR) is 95.6 cm³/mol. The number of halogens is 1. The molecule has 0 saturated heterocycles. The number of fused-ring (bicyclic) bond motifs is 3. The Morgan fingerprint density at radius 3 is 2.80 bits per heavy atom. The Hall–Kier alpha value is -2.79. The van der Waals surface area contributed by atoms with Gasteiger partial charge in [-0.1, -0.05) is 35.9 Å². The molecule has 1 amide bonds. The number of aromatic nitrogens is 2. The zero-order valence-corrected chi connectivity index (χ0v) is 14.4. The minimum absolute atomic E-state index is 0.213. The minimum atomic E-state index is -0.213. The molecule has 1 aromatic heterocycles. The lowest BCUT2D eigenvalue weighted by Crippen LogP contribution is -2.25. The van der Waals surface area contributed by atoms with Crippen LogP contribution in [-0.4, -0.2) is 15.7 Å². The largest absolute Gasteiger partial charge is 0.488 e. The van der Waals surface area contributed by atoms with Crippen molar-refractivity contribution in [3.05, 3.63) is 70.4 Å². The molecule has 1 aliphatic heterocycles. The van der Waals surface area contributed by atoms with Gasteiger partial charge in [-0.2, -0.15) is 5.10 Å². The highest BCUT2D eigenvalue weighted by atomic mass is 35.5. The number of rotatable bonds is 3. The molecule has 126 valence electrons. The van der Waals surface area contributed by atoms with Gasteiger partial charge in [0.25, 0.3) is 5.91 Å². The summed E-state index contributed by atoms with van der Waals surface area (Å²) in [4.78, 5) is 12.6. The van der Waals surface area contributed by atoms with E-state index < -0.39 is 0 Å². The Bertz CT molecular complexity index is 948. The third kappa shape index (κ3) is 2.87. The average molecular weight is 354 g/mol. The van der Waals surface area contributed by atoms with Crippen molar-refractivity contribution in [2.75, 3.05) is 0 Å². The van der Waals surface area contributed by atoms with Crippen LogP contribution in [-0.2, 0) is 20.2 Å². The molecule has 6 heteroatoms. The van der Waals surface area contributed by atoms with Crippen LogP contribution in [0.2, 0.25) is 5.02 Å². The third-order valence-corrected chi connectivity index (χ3v) is 4.49. The number of nitrogens with one attached hydrogen (secondary N) is 1. The first kappa shape index (κ1) is 15.7. The van der Waals surface area contributed by atoms with E-state index in [9.17, 15) is 4.79 Å². The number of carbonyl (C=O) groups is 1. The lowest BCUT2D eigenvalue weighted by molar-refractivity contribution is 0.0942. The van der Waals surface area contributed by atoms with Crippen molar-refractivity contribution in [2.24, 2.45) is 7.05 Å². The van der Waals surface area contributed by atoms with Gasteiger partial charge in [0.05, 0.1) is 5.69 Å². The molecule has 2 heterocycles. The zero-order chi connectivity index (χ0) is 17.4. The number of benzene rings is 2. The van der Waals surface area contributed by atoms with Crippen LogP contribution in [0.3, 0.4) is 0 Å². The van der Waals surface area contributed by atoms with Crippen LogP contribution in [0.1, 0.15) is 21.6 Å². The maximum Gasteiger partial charge on any atom is 0.272 e. The lowest BCUT2D eigenvalue weighted by atomic mass is 10.0. The van der Waals surface area contributed by atoms with Gasteiger partial charge in [-0.05, 0) is 29.8 Å². The summed E-state index contributed by atoms with van der Waals surface area (Å²) in [7, 11) is 1.84. The van der Waals surface area contributed by atoms with Crippen LogP contribution in [0.15, 0.2) is 48.5 Å². The highest BCUT2D eigenvalue weighted by Crippen LogP contribution is 2.38.